The van der Waals surface area contributed by atoms with Crippen LogP contribution >= 0.6 is 0 Å². The van der Waals surface area contributed by atoms with Crippen LogP contribution in [0.4, 0.5) is 0 Å². The summed E-state index contributed by atoms with van der Waals surface area (Å²) in [6, 6.07) is 8.55. The Bertz CT molecular complexity index is 609. The van der Waals surface area contributed by atoms with Gasteiger partial charge in [0.1, 0.15) is 29.7 Å². The van der Waals surface area contributed by atoms with Crippen LogP contribution in [0, 0.1) is 10.8 Å². The summed E-state index contributed by atoms with van der Waals surface area (Å²) in [5.41, 5.74) is 1.21. The summed E-state index contributed by atoms with van der Waals surface area (Å²) in [7, 11) is 1.71. The molecule has 0 aromatic heterocycles. The molecule has 4 heterocycles. The molecule has 4 heteroatoms. The van der Waals surface area contributed by atoms with Gasteiger partial charge in [0, 0.05) is 0 Å². The summed E-state index contributed by atoms with van der Waals surface area (Å²) in [6.07, 6.45) is 2.64. The van der Waals surface area contributed by atoms with Crippen molar-refractivity contribution in [2.24, 2.45) is 10.8 Å². The van der Waals surface area contributed by atoms with Crippen LogP contribution < -0.4 is 14.5 Å². The molecule has 1 aromatic carbocycles. The Hall–Kier alpha value is -1.39. The lowest BCUT2D eigenvalue weighted by Crippen LogP contribution is -3.41. The molecule has 4 nitrogen and oxygen atoms in total. The fourth-order valence-corrected chi connectivity index (χ4v) is 5.82. The molecule has 2 atom stereocenters. The van der Waals surface area contributed by atoms with Gasteiger partial charge >= 0.3 is 0 Å². The van der Waals surface area contributed by atoms with Crippen LogP contribution in [0.15, 0.2) is 24.3 Å². The van der Waals surface area contributed by atoms with Crippen molar-refractivity contribution in [1.82, 2.24) is 0 Å². The van der Waals surface area contributed by atoms with E-state index in [-0.39, 0.29) is 10.8 Å². The summed E-state index contributed by atoms with van der Waals surface area (Å²) < 4.78 is 5.29. The molecule has 0 aliphatic carbocycles. The first-order valence-electron chi connectivity index (χ1n) is 8.89. The summed E-state index contributed by atoms with van der Waals surface area (Å²) in [4.78, 5) is 16.3. The molecule has 2 unspecified atom stereocenters. The Labute approximate surface area is 138 Å². The SMILES string of the molecule is CCCC12C[NH+]3CC(C)(C[NH+](C1)C3c1ccc(OC)cc1)C2=O. The van der Waals surface area contributed by atoms with Gasteiger partial charge in [0.05, 0.1) is 25.8 Å². The van der Waals surface area contributed by atoms with Crippen molar-refractivity contribution in [1.29, 1.82) is 0 Å². The van der Waals surface area contributed by atoms with E-state index < -0.39 is 0 Å². The number of hydrogen-bond acceptors (Lipinski definition) is 2. The summed E-state index contributed by atoms with van der Waals surface area (Å²) in [5.74, 6) is 1.48. The lowest BCUT2D eigenvalue weighted by molar-refractivity contribution is -1.18. The Morgan fingerprint density at radius 3 is 2.26 bits per heavy atom. The molecule has 4 bridgehead atoms. The highest BCUT2D eigenvalue weighted by molar-refractivity contribution is 5.91. The van der Waals surface area contributed by atoms with E-state index in [2.05, 4.69) is 38.1 Å². The topological polar surface area (TPSA) is 35.2 Å². The number of nitrogens with one attached hydrogen (secondary N) is 2. The normalized spacial score (nSPS) is 41.3. The monoisotopic (exact) mass is 316 g/mol. The number of piperidine rings is 2. The predicted molar refractivity (Wildman–Crippen MR) is 87.6 cm³/mol. The summed E-state index contributed by atoms with van der Waals surface area (Å²) >= 11 is 0. The van der Waals surface area contributed by atoms with Gasteiger partial charge in [0.15, 0.2) is 5.78 Å². The molecular weight excluding hydrogens is 288 g/mol. The molecule has 23 heavy (non-hydrogen) atoms. The standard InChI is InChI=1S/C19H26N2O2/c1-4-9-19-12-20-10-18(2,17(19)22)11-21(13-19)16(20)14-5-7-15(23-3)8-6-14/h5-8,16H,4,9-13H2,1-3H3/p+2. The van der Waals surface area contributed by atoms with Crippen LogP contribution in [0.5, 0.6) is 5.75 Å². The summed E-state index contributed by atoms with van der Waals surface area (Å²) in [5, 5.41) is 0. The first-order valence-corrected chi connectivity index (χ1v) is 8.89. The van der Waals surface area contributed by atoms with Crippen molar-refractivity contribution in [3.63, 3.8) is 0 Å². The molecule has 4 aliphatic rings. The first kappa shape index (κ1) is 15.2. The second-order valence-corrected chi connectivity index (χ2v) is 8.15. The average molecular weight is 316 g/mol. The van der Waals surface area contributed by atoms with E-state index in [1.807, 2.05) is 0 Å². The number of rotatable bonds is 4. The van der Waals surface area contributed by atoms with E-state index in [0.717, 1.165) is 44.8 Å². The number of ether oxygens (including phenoxy) is 1. The number of quaternary nitrogens is 2. The second-order valence-electron chi connectivity index (χ2n) is 8.15. The Morgan fingerprint density at radius 2 is 1.74 bits per heavy atom. The van der Waals surface area contributed by atoms with Gasteiger partial charge in [-0.1, -0.05) is 13.3 Å². The molecule has 4 fully saturated rings. The largest absolute Gasteiger partial charge is 0.497 e. The van der Waals surface area contributed by atoms with Crippen molar-refractivity contribution < 1.29 is 19.3 Å². The van der Waals surface area contributed by atoms with Crippen molar-refractivity contribution in [2.45, 2.75) is 32.9 Å². The third kappa shape index (κ3) is 2.08. The van der Waals surface area contributed by atoms with Crippen molar-refractivity contribution in [3.05, 3.63) is 29.8 Å². The number of carbonyl (C=O) groups is 1. The van der Waals surface area contributed by atoms with Gasteiger partial charge in [-0.25, -0.2) is 0 Å². The Balaban J connectivity index is 1.68. The van der Waals surface area contributed by atoms with Gasteiger partial charge in [-0.3, -0.25) is 14.6 Å². The maximum Gasteiger partial charge on any atom is 0.240 e. The van der Waals surface area contributed by atoms with E-state index in [1.54, 1.807) is 16.9 Å². The minimum absolute atomic E-state index is 0.0619. The Kier molecular flexibility index (Phi) is 3.33. The number of benzene rings is 1. The molecular formula is C19H28N2O2+2. The van der Waals surface area contributed by atoms with Gasteiger partial charge in [0.2, 0.25) is 6.17 Å². The maximum absolute atomic E-state index is 13.1. The minimum atomic E-state index is -0.112. The van der Waals surface area contributed by atoms with Crippen molar-refractivity contribution in [2.75, 3.05) is 33.3 Å². The first-order chi connectivity index (χ1) is 11.0. The van der Waals surface area contributed by atoms with Crippen LogP contribution in [-0.4, -0.2) is 39.1 Å². The maximum atomic E-state index is 13.1. The smallest absolute Gasteiger partial charge is 0.240 e. The molecule has 0 radical (unpaired) electrons. The van der Waals surface area contributed by atoms with Gasteiger partial charge in [-0.2, -0.15) is 0 Å². The molecule has 0 saturated carbocycles. The zero-order chi connectivity index (χ0) is 16.2. The molecule has 4 aliphatic heterocycles. The van der Waals surface area contributed by atoms with Gasteiger partial charge < -0.3 is 4.74 Å². The highest BCUT2D eigenvalue weighted by Crippen LogP contribution is 2.39. The third-order valence-electron chi connectivity index (χ3n) is 6.39. The number of ketones is 1. The lowest BCUT2D eigenvalue weighted by Gasteiger charge is -2.59. The van der Waals surface area contributed by atoms with Gasteiger partial charge in [-0.05, 0) is 37.6 Å². The molecule has 2 N–H and O–H groups in total. The van der Waals surface area contributed by atoms with Crippen LogP contribution in [0.1, 0.15) is 38.4 Å². The second kappa shape index (κ2) is 5.05. The van der Waals surface area contributed by atoms with Gasteiger partial charge in [-0.15, -0.1) is 0 Å². The fraction of sp³-hybridized carbons (Fsp3) is 0.632. The highest BCUT2D eigenvalue weighted by atomic mass is 16.5. The molecule has 0 amide bonds. The Morgan fingerprint density at radius 1 is 1.13 bits per heavy atom. The number of methoxy groups -OCH3 is 1. The number of carbonyl (C=O) groups excluding carboxylic acids is 1. The predicted octanol–water partition coefficient (Wildman–Crippen LogP) is -0.134. The van der Waals surface area contributed by atoms with Crippen LogP contribution in [0.3, 0.4) is 0 Å². The zero-order valence-corrected chi connectivity index (χ0v) is 14.4. The van der Waals surface area contributed by atoms with E-state index >= 15 is 0 Å². The number of hydrogen-bond donors (Lipinski definition) is 2. The fourth-order valence-electron chi connectivity index (χ4n) is 5.82. The third-order valence-corrected chi connectivity index (χ3v) is 6.39. The number of Topliss-reactive ketones (excluding diaryl/α,β-unsaturated/α-hetero) is 1. The van der Waals surface area contributed by atoms with E-state index in [4.69, 9.17) is 4.74 Å². The van der Waals surface area contributed by atoms with E-state index in [9.17, 15) is 4.79 Å². The van der Waals surface area contributed by atoms with Crippen LogP contribution in [0.2, 0.25) is 0 Å². The van der Waals surface area contributed by atoms with E-state index in [0.29, 0.717) is 11.9 Å². The highest BCUT2D eigenvalue weighted by Gasteiger charge is 2.69. The van der Waals surface area contributed by atoms with Crippen LogP contribution in [-0.2, 0) is 4.79 Å². The average Bonchev–Trinajstić information content (AvgIpc) is 2.52. The zero-order valence-electron chi connectivity index (χ0n) is 14.4. The quantitative estimate of drug-likeness (QED) is 0.811. The summed E-state index contributed by atoms with van der Waals surface area (Å²) in [6.45, 7) is 8.46. The van der Waals surface area contributed by atoms with E-state index in [1.165, 1.54) is 5.56 Å². The minimum Gasteiger partial charge on any atom is -0.497 e. The molecule has 0 spiro atoms. The lowest BCUT2D eigenvalue weighted by atomic mass is 9.59. The van der Waals surface area contributed by atoms with Crippen molar-refractivity contribution in [3.8, 4) is 5.75 Å². The molecule has 4 saturated heterocycles. The van der Waals surface area contributed by atoms with Crippen LogP contribution in [0.25, 0.3) is 0 Å². The molecule has 5 rings (SSSR count). The molecule has 124 valence electrons. The van der Waals surface area contributed by atoms with Gasteiger partial charge in [0.25, 0.3) is 0 Å². The van der Waals surface area contributed by atoms with Crippen molar-refractivity contribution >= 4 is 5.78 Å². The molecule has 1 aromatic rings.